The summed E-state index contributed by atoms with van der Waals surface area (Å²) in [4.78, 5) is 0.745. The normalized spacial score (nSPS) is 48.6. The van der Waals surface area contributed by atoms with E-state index in [-0.39, 0.29) is 5.41 Å². The lowest BCUT2D eigenvalue weighted by Crippen LogP contribution is -2.48. The summed E-state index contributed by atoms with van der Waals surface area (Å²) in [6, 6.07) is 0. The third kappa shape index (κ3) is 5.79. The Bertz CT molecular complexity index is 1740. The zero-order valence-electron chi connectivity index (χ0n) is 35.7. The van der Waals surface area contributed by atoms with E-state index < -0.39 is 0 Å². The molecular weight excluding hydrogens is 728 g/mol. The van der Waals surface area contributed by atoms with E-state index in [0.717, 1.165) is 93.6 Å². The number of hydrogen-bond donors (Lipinski definition) is 0. The van der Waals surface area contributed by atoms with E-state index in [2.05, 4.69) is 105 Å². The molecule has 0 bridgehead atoms. The monoisotopic (exact) mass is 803 g/mol. The van der Waals surface area contributed by atoms with E-state index in [4.69, 9.17) is 0 Å². The Morgan fingerprint density at radius 3 is 2.11 bits per heavy atom. The van der Waals surface area contributed by atoms with Crippen LogP contribution in [0, 0.1) is 106 Å². The minimum absolute atomic E-state index is 0.276. The molecule has 0 aliphatic heterocycles. The molecule has 298 valence electrons. The molecule has 3 saturated carbocycles. The van der Waals surface area contributed by atoms with Crippen LogP contribution < -0.4 is 0 Å². The van der Waals surface area contributed by atoms with Crippen LogP contribution in [0.15, 0.2) is 69.9 Å². The fourth-order valence-electron chi connectivity index (χ4n) is 17.6. The van der Waals surface area contributed by atoms with Crippen LogP contribution in [0.5, 0.6) is 0 Å². The first-order valence-corrected chi connectivity index (χ1v) is 25.2. The molecule has 0 heterocycles. The van der Waals surface area contributed by atoms with Crippen molar-refractivity contribution in [2.45, 2.75) is 156 Å². The third-order valence-electron chi connectivity index (χ3n) is 20.0. The third-order valence-corrected chi connectivity index (χ3v) is 21.2. The Kier molecular flexibility index (Phi) is 9.05. The molecule has 11 rings (SSSR count). The van der Waals surface area contributed by atoms with Crippen molar-refractivity contribution in [3.05, 3.63) is 69.9 Å². The molecule has 17 atom stereocenters. The van der Waals surface area contributed by atoms with Crippen molar-refractivity contribution in [1.29, 1.82) is 0 Å². The summed E-state index contributed by atoms with van der Waals surface area (Å²) in [5, 5.41) is 0. The molecule has 11 aliphatic carbocycles. The van der Waals surface area contributed by atoms with Gasteiger partial charge in [0.15, 0.2) is 0 Å². The van der Waals surface area contributed by atoms with Gasteiger partial charge >= 0.3 is 0 Å². The zero-order valence-corrected chi connectivity index (χ0v) is 37.3. The van der Waals surface area contributed by atoms with Crippen molar-refractivity contribution in [3.8, 4) is 0 Å². The highest BCUT2D eigenvalue weighted by Crippen LogP contribution is 2.70. The molecule has 0 radical (unpaired) electrons. The predicted molar refractivity (Wildman–Crippen MR) is 234 cm³/mol. The first kappa shape index (κ1) is 37.0. The number of rotatable bonds is 2. The van der Waals surface area contributed by atoms with Crippen LogP contribution in [0.3, 0.4) is 0 Å². The van der Waals surface area contributed by atoms with Crippen molar-refractivity contribution in [2.24, 2.45) is 106 Å². The zero-order chi connectivity index (χ0) is 37.5. The Balaban J connectivity index is 1.03. The quantitative estimate of drug-likeness (QED) is 0.193. The number of alkyl halides is 1. The van der Waals surface area contributed by atoms with Gasteiger partial charge in [0.25, 0.3) is 0 Å². The van der Waals surface area contributed by atoms with Crippen LogP contribution in [0.25, 0.3) is 0 Å². The minimum atomic E-state index is 0.276. The van der Waals surface area contributed by atoms with Gasteiger partial charge in [0.05, 0.1) is 0 Å². The highest BCUT2D eigenvalue weighted by Gasteiger charge is 2.61. The van der Waals surface area contributed by atoms with Crippen LogP contribution in [0.2, 0.25) is 0 Å². The van der Waals surface area contributed by atoms with Gasteiger partial charge in [0, 0.05) is 10.7 Å². The average Bonchev–Trinajstić information content (AvgIpc) is 3.68. The Morgan fingerprint density at radius 1 is 0.564 bits per heavy atom. The second-order valence-electron chi connectivity index (χ2n) is 23.9. The van der Waals surface area contributed by atoms with Crippen LogP contribution in [0.4, 0.5) is 0 Å². The van der Waals surface area contributed by atoms with Crippen LogP contribution in [-0.4, -0.2) is 4.83 Å². The Hall–Kier alpha value is -1.08. The summed E-state index contributed by atoms with van der Waals surface area (Å²) in [6.07, 6.45) is 40.9. The average molecular weight is 804 g/mol. The molecule has 0 spiro atoms. The highest BCUT2D eigenvalue weighted by molar-refractivity contribution is 9.09. The van der Waals surface area contributed by atoms with Gasteiger partial charge in [-0.2, -0.15) is 0 Å². The van der Waals surface area contributed by atoms with E-state index in [1.165, 1.54) is 109 Å². The van der Waals surface area contributed by atoms with Gasteiger partial charge in [0.1, 0.15) is 0 Å². The number of hydrogen-bond acceptors (Lipinski definition) is 0. The van der Waals surface area contributed by atoms with Gasteiger partial charge in [-0.1, -0.05) is 127 Å². The topological polar surface area (TPSA) is 0 Å². The summed E-state index contributed by atoms with van der Waals surface area (Å²) >= 11 is 4.27. The summed E-state index contributed by atoms with van der Waals surface area (Å²) in [5.74, 6) is 13.9. The van der Waals surface area contributed by atoms with Crippen molar-refractivity contribution in [2.75, 3.05) is 0 Å². The molecular formula is C54H75Br. The molecule has 55 heavy (non-hydrogen) atoms. The maximum Gasteiger partial charge on any atom is 0.0180 e. The molecule has 17 unspecified atom stereocenters. The lowest BCUT2D eigenvalue weighted by atomic mass is 9.48. The molecule has 1 heteroatoms. The van der Waals surface area contributed by atoms with Gasteiger partial charge in [-0.15, -0.1) is 0 Å². The molecule has 3 fully saturated rings. The second kappa shape index (κ2) is 13.5. The second-order valence-corrected chi connectivity index (χ2v) is 25.1. The lowest BCUT2D eigenvalue weighted by Gasteiger charge is -2.57. The predicted octanol–water partition coefficient (Wildman–Crippen LogP) is 15.0. The minimum Gasteiger partial charge on any atom is -0.0887 e. The van der Waals surface area contributed by atoms with Gasteiger partial charge in [0.2, 0.25) is 0 Å². The van der Waals surface area contributed by atoms with Crippen molar-refractivity contribution in [3.63, 3.8) is 0 Å². The van der Waals surface area contributed by atoms with Crippen LogP contribution in [-0.2, 0) is 0 Å². The van der Waals surface area contributed by atoms with Crippen LogP contribution >= 0.6 is 15.9 Å². The summed E-state index contributed by atoms with van der Waals surface area (Å²) < 4.78 is 0. The van der Waals surface area contributed by atoms with Crippen molar-refractivity contribution >= 4 is 15.9 Å². The fourth-order valence-corrected chi connectivity index (χ4v) is 18.5. The molecule has 11 aliphatic rings. The SMILES string of the molecule is CC(C)(C)C1=CC(C2CC3C(CC4C5=C(CCCC5)C5C=CCC3C54)C3=C2CC2C(C3)C3C=CCC4C(Br)CCC2C34)C(C2=CCC(C(C)(C)C)CC2)CC1. The van der Waals surface area contributed by atoms with E-state index in [1.807, 2.05) is 16.7 Å². The van der Waals surface area contributed by atoms with Gasteiger partial charge < -0.3 is 0 Å². The summed E-state index contributed by atoms with van der Waals surface area (Å²) in [5.41, 5.74) is 12.5. The smallest absolute Gasteiger partial charge is 0.0180 e. The molecule has 0 amide bonds. The fraction of sp³-hybridized carbons (Fsp3) is 0.778. The van der Waals surface area contributed by atoms with Gasteiger partial charge in [-0.25, -0.2) is 0 Å². The molecule has 0 aromatic rings. The molecule has 0 saturated heterocycles. The maximum absolute atomic E-state index is 4.27. The first-order chi connectivity index (χ1) is 26.5. The largest absolute Gasteiger partial charge is 0.0887 e. The van der Waals surface area contributed by atoms with E-state index in [9.17, 15) is 0 Å². The van der Waals surface area contributed by atoms with Gasteiger partial charge in [-0.05, 0) is 209 Å². The number of halogens is 1. The number of fused-ring (bicyclic) bond motifs is 8. The van der Waals surface area contributed by atoms with Crippen LogP contribution in [0.1, 0.15) is 151 Å². The standard InChI is InChI=1S/C54H75Br/c1-53(2,3)31-19-17-30(18-20-31)33-22-21-32(54(4,5)6)25-41(33)45-27-43-38-14-9-13-36-34-11-7-8-12-35(34)49(52(36)38)29-48(43)47-26-42-37-15-10-16-40-50(55)24-23-39(51(37)40)44(42)28-46(45)47/h9-10,13,15,17,25,31,33,36-45,48-52H,7-8,11-12,14,16,18-24,26-29H2,1-6H3. The molecule has 0 N–H and O–H groups in total. The van der Waals surface area contributed by atoms with Crippen molar-refractivity contribution < 1.29 is 0 Å². The first-order valence-electron chi connectivity index (χ1n) is 24.3. The van der Waals surface area contributed by atoms with E-state index in [1.54, 1.807) is 5.57 Å². The van der Waals surface area contributed by atoms with Gasteiger partial charge in [-0.3, -0.25) is 0 Å². The van der Waals surface area contributed by atoms with E-state index in [0.29, 0.717) is 11.3 Å². The number of allylic oxidation sites excluding steroid dienone is 12. The molecule has 0 aromatic heterocycles. The molecule has 0 aromatic carbocycles. The van der Waals surface area contributed by atoms with Crippen molar-refractivity contribution in [1.82, 2.24) is 0 Å². The Labute approximate surface area is 345 Å². The summed E-state index contributed by atoms with van der Waals surface area (Å²) in [6.45, 7) is 15.1. The van der Waals surface area contributed by atoms with E-state index >= 15 is 0 Å². The highest BCUT2D eigenvalue weighted by atomic mass is 79.9. The summed E-state index contributed by atoms with van der Waals surface area (Å²) in [7, 11) is 0. The molecule has 0 nitrogen and oxygen atoms in total. The maximum atomic E-state index is 4.27. The Morgan fingerprint density at radius 2 is 1.33 bits per heavy atom. The lowest BCUT2D eigenvalue weighted by molar-refractivity contribution is 0.0186.